The largest absolute Gasteiger partial charge is 0.553 e. The van der Waals surface area contributed by atoms with E-state index >= 15 is 0 Å². The molecule has 0 spiro atoms. The van der Waals surface area contributed by atoms with Gasteiger partial charge in [0.2, 0.25) is 0 Å². The zero-order valence-corrected chi connectivity index (χ0v) is 3.93. The minimum atomic E-state index is -0.813. The molecule has 0 heterocycles. The maximum atomic E-state index is 9.77. The highest BCUT2D eigenvalue weighted by atomic mass is 16.6. The molecule has 0 saturated heterocycles. The second-order valence-corrected chi connectivity index (χ2v) is 0.966. The monoisotopic (exact) mass is 101 g/mol. The standard InChI is InChI=1S/C4H6O3/c1-3(5)7-4(2)6/h5H,1H2,2H3/p-1. The summed E-state index contributed by atoms with van der Waals surface area (Å²) in [4.78, 5) is 9.77. The van der Waals surface area contributed by atoms with Gasteiger partial charge in [-0.05, 0) is 0 Å². The van der Waals surface area contributed by atoms with Crippen LogP contribution in [0.4, 0.5) is 0 Å². The molecule has 0 amide bonds. The molecular formula is C4H5O3-. The third-order valence-electron chi connectivity index (χ3n) is 0.258. The van der Waals surface area contributed by atoms with Gasteiger partial charge >= 0.3 is 0 Å². The van der Waals surface area contributed by atoms with Gasteiger partial charge in [0.15, 0.2) is 5.97 Å². The Bertz CT molecular complexity index is 83.1. The minimum absolute atomic E-state index is 0.625. The Balaban J connectivity index is 3.32. The highest BCUT2D eigenvalue weighted by Crippen LogP contribution is 1.79. The number of hydrogen-bond acceptors (Lipinski definition) is 3. The quantitative estimate of drug-likeness (QED) is 0.326. The van der Waals surface area contributed by atoms with Crippen molar-refractivity contribution in [1.82, 2.24) is 0 Å². The molecule has 0 rings (SSSR count). The minimum Gasteiger partial charge on any atom is -0.553 e. The van der Waals surface area contributed by atoms with Crippen LogP contribution in [0, 0.1) is 0 Å². The van der Waals surface area contributed by atoms with Crippen molar-refractivity contribution in [1.29, 1.82) is 0 Å². The molecule has 0 aliphatic heterocycles. The summed E-state index contributed by atoms with van der Waals surface area (Å²) in [7, 11) is 0. The van der Waals surface area contributed by atoms with Crippen LogP contribution in [0.5, 0.6) is 0 Å². The Morgan fingerprint density at radius 1 is 1.86 bits per heavy atom. The van der Waals surface area contributed by atoms with Crippen LogP contribution in [-0.2, 0) is 9.53 Å². The molecule has 40 valence electrons. The van der Waals surface area contributed by atoms with Crippen molar-refractivity contribution in [2.24, 2.45) is 0 Å². The van der Waals surface area contributed by atoms with Crippen LogP contribution in [0.25, 0.3) is 0 Å². The average Bonchev–Trinajstić information content (AvgIpc) is 1.27. The Kier molecular flexibility index (Phi) is 1.91. The van der Waals surface area contributed by atoms with Crippen LogP contribution in [-0.4, -0.2) is 5.97 Å². The van der Waals surface area contributed by atoms with Crippen molar-refractivity contribution >= 4 is 5.97 Å². The Morgan fingerprint density at radius 2 is 2.29 bits per heavy atom. The zero-order valence-electron chi connectivity index (χ0n) is 3.93. The molecule has 0 aromatic rings. The average molecular weight is 101 g/mol. The lowest BCUT2D eigenvalue weighted by molar-refractivity contribution is -0.348. The number of rotatable bonds is 1. The van der Waals surface area contributed by atoms with Gasteiger partial charge in [-0.2, -0.15) is 0 Å². The number of esters is 1. The molecule has 3 nitrogen and oxygen atoms in total. The predicted octanol–water partition coefficient (Wildman–Crippen LogP) is -0.619. The van der Waals surface area contributed by atoms with Crippen molar-refractivity contribution in [3.63, 3.8) is 0 Å². The molecule has 0 saturated carbocycles. The first-order valence-corrected chi connectivity index (χ1v) is 1.67. The molecule has 7 heavy (non-hydrogen) atoms. The summed E-state index contributed by atoms with van der Waals surface area (Å²) in [5, 5.41) is 9.70. The molecule has 0 aliphatic rings. The summed E-state index contributed by atoms with van der Waals surface area (Å²) >= 11 is 0. The zero-order chi connectivity index (χ0) is 5.86. The van der Waals surface area contributed by atoms with E-state index in [1.165, 1.54) is 0 Å². The summed E-state index contributed by atoms with van der Waals surface area (Å²) in [6.45, 7) is 3.94. The summed E-state index contributed by atoms with van der Waals surface area (Å²) in [5.41, 5.74) is 0. The maximum Gasteiger partial charge on any atom is 0.198 e. The second kappa shape index (κ2) is 2.23. The van der Waals surface area contributed by atoms with E-state index in [2.05, 4.69) is 11.3 Å². The van der Waals surface area contributed by atoms with Gasteiger partial charge in [-0.25, -0.2) is 0 Å². The third kappa shape index (κ3) is 5.01. The fraction of sp³-hybridized carbons (Fsp3) is 0.250. The Hall–Kier alpha value is -0.990. The van der Waals surface area contributed by atoms with Gasteiger partial charge in [0.25, 0.3) is 0 Å². The van der Waals surface area contributed by atoms with E-state index in [0.717, 1.165) is 6.92 Å². The Morgan fingerprint density at radius 3 is 2.29 bits per heavy atom. The van der Waals surface area contributed by atoms with E-state index in [0.29, 0.717) is 0 Å². The number of carbonyl (C=O) groups is 1. The number of hydrogen-bond donors (Lipinski definition) is 0. The van der Waals surface area contributed by atoms with Crippen LogP contribution in [0.2, 0.25) is 0 Å². The van der Waals surface area contributed by atoms with Crippen molar-refractivity contribution in [3.05, 3.63) is 12.5 Å². The molecule has 0 bridgehead atoms. The molecule has 0 aliphatic carbocycles. The normalized spacial score (nSPS) is 7.57. The fourth-order valence-electron chi connectivity index (χ4n) is 0.160. The lowest BCUT2D eigenvalue weighted by Gasteiger charge is -2.06. The maximum absolute atomic E-state index is 9.77. The molecular weight excluding hydrogens is 96.0 g/mol. The SMILES string of the molecule is C=C([O-])OC(C)=O. The first-order valence-electron chi connectivity index (χ1n) is 1.67. The van der Waals surface area contributed by atoms with Gasteiger partial charge in [0, 0.05) is 6.92 Å². The van der Waals surface area contributed by atoms with E-state index in [-0.39, 0.29) is 0 Å². The first-order chi connectivity index (χ1) is 3.13. The van der Waals surface area contributed by atoms with Gasteiger partial charge in [-0.15, -0.1) is 0 Å². The number of ether oxygens (including phenoxy) is 1. The van der Waals surface area contributed by atoms with E-state index < -0.39 is 11.9 Å². The van der Waals surface area contributed by atoms with Crippen LogP contribution in [0.3, 0.4) is 0 Å². The lowest BCUT2D eigenvalue weighted by atomic mass is 10.8. The summed E-state index contributed by atoms with van der Waals surface area (Å²) in [5.74, 6) is -1.44. The third-order valence-corrected chi connectivity index (χ3v) is 0.258. The smallest absolute Gasteiger partial charge is 0.198 e. The Labute approximate surface area is 41.2 Å². The molecule has 0 N–H and O–H groups in total. The van der Waals surface area contributed by atoms with Crippen LogP contribution in [0.1, 0.15) is 6.92 Å². The van der Waals surface area contributed by atoms with Gasteiger partial charge < -0.3 is 9.84 Å². The van der Waals surface area contributed by atoms with Gasteiger partial charge in [0.1, 0.15) is 0 Å². The second-order valence-electron chi connectivity index (χ2n) is 0.966. The highest BCUT2D eigenvalue weighted by Gasteiger charge is 1.77. The van der Waals surface area contributed by atoms with Crippen LogP contribution < -0.4 is 5.11 Å². The lowest BCUT2D eigenvalue weighted by Crippen LogP contribution is -2.08. The van der Waals surface area contributed by atoms with Crippen molar-refractivity contribution in [2.75, 3.05) is 0 Å². The summed E-state index contributed by atoms with van der Waals surface area (Å²) < 4.78 is 3.86. The number of carbonyl (C=O) groups excluding carboxylic acids is 1. The van der Waals surface area contributed by atoms with Gasteiger partial charge in [0.05, 0.1) is 5.95 Å². The molecule has 0 radical (unpaired) electrons. The fourth-order valence-corrected chi connectivity index (χ4v) is 0.160. The highest BCUT2D eigenvalue weighted by molar-refractivity contribution is 5.66. The van der Waals surface area contributed by atoms with Gasteiger partial charge in [-0.1, -0.05) is 6.58 Å². The van der Waals surface area contributed by atoms with Crippen molar-refractivity contribution in [2.45, 2.75) is 6.92 Å². The van der Waals surface area contributed by atoms with E-state index in [1.807, 2.05) is 0 Å². The van der Waals surface area contributed by atoms with Crippen molar-refractivity contribution in [3.8, 4) is 0 Å². The van der Waals surface area contributed by atoms with E-state index in [9.17, 15) is 9.90 Å². The topological polar surface area (TPSA) is 49.4 Å². The van der Waals surface area contributed by atoms with E-state index in [1.54, 1.807) is 0 Å². The first kappa shape index (κ1) is 6.01. The molecule has 0 unspecified atom stereocenters. The molecule has 0 atom stereocenters. The molecule has 0 fully saturated rings. The van der Waals surface area contributed by atoms with E-state index in [4.69, 9.17) is 0 Å². The molecule has 3 heteroatoms. The summed E-state index contributed by atoms with van der Waals surface area (Å²) in [6, 6.07) is 0. The van der Waals surface area contributed by atoms with Crippen molar-refractivity contribution < 1.29 is 14.6 Å². The molecule has 0 aromatic heterocycles. The van der Waals surface area contributed by atoms with Crippen LogP contribution >= 0.6 is 0 Å². The summed E-state index contributed by atoms with van der Waals surface area (Å²) in [6.07, 6.45) is 0. The van der Waals surface area contributed by atoms with Gasteiger partial charge in [-0.3, -0.25) is 4.79 Å². The predicted molar refractivity (Wildman–Crippen MR) is 20.9 cm³/mol. The van der Waals surface area contributed by atoms with Crippen LogP contribution in [0.15, 0.2) is 12.5 Å². The molecule has 0 aromatic carbocycles.